The first-order valence-electron chi connectivity index (χ1n) is 8.53. The Labute approximate surface area is 155 Å². The van der Waals surface area contributed by atoms with Crippen molar-refractivity contribution >= 4 is 15.9 Å². The summed E-state index contributed by atoms with van der Waals surface area (Å²) in [6.07, 6.45) is 0.135. The van der Waals surface area contributed by atoms with Crippen LogP contribution >= 0.6 is 0 Å². The lowest BCUT2D eigenvalue weighted by Crippen LogP contribution is -2.40. The summed E-state index contributed by atoms with van der Waals surface area (Å²) >= 11 is 0. The zero-order valence-electron chi connectivity index (χ0n) is 15.5. The van der Waals surface area contributed by atoms with Crippen molar-refractivity contribution in [1.82, 2.24) is 14.5 Å². The third kappa shape index (κ3) is 4.94. The number of hydrogen-bond donors (Lipinski definition) is 1. The summed E-state index contributed by atoms with van der Waals surface area (Å²) in [7, 11) is 1.29. The van der Waals surface area contributed by atoms with Crippen molar-refractivity contribution in [2.75, 3.05) is 60.6 Å². The normalized spacial score (nSPS) is 15.7. The zero-order chi connectivity index (χ0) is 19.2. The second kappa shape index (κ2) is 9.31. The number of morpholine rings is 1. The molecule has 9 heteroatoms. The van der Waals surface area contributed by atoms with Gasteiger partial charge in [-0.25, -0.2) is 8.42 Å². The maximum Gasteiger partial charge on any atom is 0.246 e. The number of carbonyl (C=O) groups is 1. The molecule has 1 fully saturated rings. The molecule has 0 unspecified atom stereocenters. The van der Waals surface area contributed by atoms with Crippen molar-refractivity contribution in [3.05, 3.63) is 23.8 Å². The van der Waals surface area contributed by atoms with Crippen LogP contribution in [0.2, 0.25) is 0 Å². The Morgan fingerprint density at radius 2 is 2.04 bits per heavy atom. The predicted octanol–water partition coefficient (Wildman–Crippen LogP) is -0.0636. The first-order valence-corrected chi connectivity index (χ1v) is 9.97. The van der Waals surface area contributed by atoms with Crippen LogP contribution in [0.15, 0.2) is 23.1 Å². The number of methoxy groups -OCH3 is 1. The SMILES string of the molecule is CNCCN(C)C(=O)Cc1ccc(OC)c(S(=O)(=O)N2CCOCC2)c1. The van der Waals surface area contributed by atoms with E-state index in [1.165, 1.54) is 17.5 Å². The molecule has 146 valence electrons. The summed E-state index contributed by atoms with van der Waals surface area (Å²) in [6, 6.07) is 4.86. The van der Waals surface area contributed by atoms with Gasteiger partial charge in [0.25, 0.3) is 0 Å². The summed E-state index contributed by atoms with van der Waals surface area (Å²) < 4.78 is 37.8. The molecule has 1 aliphatic heterocycles. The number of sulfonamides is 1. The highest BCUT2D eigenvalue weighted by atomic mass is 32.2. The molecule has 2 rings (SSSR count). The number of carbonyl (C=O) groups excluding carboxylic acids is 1. The fourth-order valence-corrected chi connectivity index (χ4v) is 4.29. The van der Waals surface area contributed by atoms with Crippen molar-refractivity contribution in [2.24, 2.45) is 0 Å². The number of nitrogens with one attached hydrogen (secondary N) is 1. The molecule has 26 heavy (non-hydrogen) atoms. The summed E-state index contributed by atoms with van der Waals surface area (Å²) in [5, 5.41) is 2.99. The van der Waals surface area contributed by atoms with E-state index in [1.807, 2.05) is 7.05 Å². The van der Waals surface area contributed by atoms with E-state index in [9.17, 15) is 13.2 Å². The number of amides is 1. The van der Waals surface area contributed by atoms with E-state index < -0.39 is 10.0 Å². The number of ether oxygens (including phenoxy) is 2. The Kier molecular flexibility index (Phi) is 7.39. The van der Waals surface area contributed by atoms with Crippen LogP contribution in [0.4, 0.5) is 0 Å². The van der Waals surface area contributed by atoms with E-state index in [4.69, 9.17) is 9.47 Å². The van der Waals surface area contributed by atoms with Crippen LogP contribution in [0.25, 0.3) is 0 Å². The van der Waals surface area contributed by atoms with Gasteiger partial charge >= 0.3 is 0 Å². The molecule has 0 aliphatic carbocycles. The van der Waals surface area contributed by atoms with Crippen LogP contribution < -0.4 is 10.1 Å². The van der Waals surface area contributed by atoms with Gasteiger partial charge in [-0.05, 0) is 24.7 Å². The highest BCUT2D eigenvalue weighted by Gasteiger charge is 2.29. The van der Waals surface area contributed by atoms with E-state index in [0.29, 0.717) is 45.0 Å². The monoisotopic (exact) mass is 385 g/mol. The Hall–Kier alpha value is -1.68. The molecule has 0 bridgehead atoms. The van der Waals surface area contributed by atoms with Crippen LogP contribution in [0.3, 0.4) is 0 Å². The molecule has 1 aliphatic rings. The van der Waals surface area contributed by atoms with Gasteiger partial charge in [0.05, 0.1) is 26.7 Å². The van der Waals surface area contributed by atoms with Gasteiger partial charge < -0.3 is 19.7 Å². The van der Waals surface area contributed by atoms with Gasteiger partial charge in [-0.3, -0.25) is 4.79 Å². The third-order valence-electron chi connectivity index (χ3n) is 4.29. The highest BCUT2D eigenvalue weighted by Crippen LogP contribution is 2.28. The molecule has 8 nitrogen and oxygen atoms in total. The van der Waals surface area contributed by atoms with Gasteiger partial charge in [0, 0.05) is 33.2 Å². The molecule has 1 saturated heterocycles. The molecule has 1 aromatic rings. The van der Waals surface area contributed by atoms with Crippen molar-refractivity contribution in [3.8, 4) is 5.75 Å². The van der Waals surface area contributed by atoms with E-state index in [1.54, 1.807) is 24.1 Å². The summed E-state index contributed by atoms with van der Waals surface area (Å²) in [5.41, 5.74) is 0.638. The number of likely N-dealkylation sites (N-methyl/N-ethyl adjacent to an activating group) is 2. The van der Waals surface area contributed by atoms with Crippen LogP contribution in [0.5, 0.6) is 5.75 Å². The van der Waals surface area contributed by atoms with E-state index >= 15 is 0 Å². The van der Waals surface area contributed by atoms with Gasteiger partial charge in [-0.1, -0.05) is 6.07 Å². The van der Waals surface area contributed by atoms with Crippen molar-refractivity contribution in [1.29, 1.82) is 0 Å². The number of rotatable bonds is 8. The van der Waals surface area contributed by atoms with Gasteiger partial charge in [0.1, 0.15) is 10.6 Å². The van der Waals surface area contributed by atoms with Crippen molar-refractivity contribution in [3.63, 3.8) is 0 Å². The average molecular weight is 385 g/mol. The molecule has 0 radical (unpaired) electrons. The Bertz CT molecular complexity index is 717. The second-order valence-corrected chi connectivity index (χ2v) is 8.00. The Morgan fingerprint density at radius 1 is 1.35 bits per heavy atom. The molecule has 1 heterocycles. The van der Waals surface area contributed by atoms with Gasteiger partial charge in [0.15, 0.2) is 0 Å². The molecule has 0 aromatic heterocycles. The van der Waals surface area contributed by atoms with Gasteiger partial charge in [-0.15, -0.1) is 0 Å². The molecular formula is C17H27N3O5S. The fourth-order valence-electron chi connectivity index (χ4n) is 2.67. The minimum atomic E-state index is -3.70. The van der Waals surface area contributed by atoms with Crippen molar-refractivity contribution in [2.45, 2.75) is 11.3 Å². The zero-order valence-corrected chi connectivity index (χ0v) is 16.3. The fraction of sp³-hybridized carbons (Fsp3) is 0.588. The molecule has 1 aromatic carbocycles. The minimum Gasteiger partial charge on any atom is -0.495 e. The molecular weight excluding hydrogens is 358 g/mol. The number of nitrogens with zero attached hydrogens (tertiary/aromatic N) is 2. The summed E-state index contributed by atoms with van der Waals surface area (Å²) in [6.45, 7) is 2.64. The minimum absolute atomic E-state index is 0.0693. The maximum atomic E-state index is 13.0. The smallest absolute Gasteiger partial charge is 0.246 e. The third-order valence-corrected chi connectivity index (χ3v) is 6.21. The first kappa shape index (κ1) is 20.6. The summed E-state index contributed by atoms with van der Waals surface area (Å²) in [4.78, 5) is 14.0. The number of benzene rings is 1. The first-order chi connectivity index (χ1) is 12.4. The van der Waals surface area contributed by atoms with Crippen LogP contribution in [0.1, 0.15) is 5.56 Å². The topological polar surface area (TPSA) is 88.2 Å². The molecule has 0 atom stereocenters. The van der Waals surface area contributed by atoms with Crippen LogP contribution in [0, 0.1) is 0 Å². The van der Waals surface area contributed by atoms with E-state index in [2.05, 4.69) is 5.32 Å². The van der Waals surface area contributed by atoms with Gasteiger partial charge in [0.2, 0.25) is 15.9 Å². The Balaban J connectivity index is 2.23. The van der Waals surface area contributed by atoms with E-state index in [-0.39, 0.29) is 23.0 Å². The Morgan fingerprint density at radius 3 is 2.65 bits per heavy atom. The summed E-state index contributed by atoms with van der Waals surface area (Å²) in [5.74, 6) is 0.205. The lowest BCUT2D eigenvalue weighted by Gasteiger charge is -2.27. The number of hydrogen-bond acceptors (Lipinski definition) is 6. The van der Waals surface area contributed by atoms with Crippen molar-refractivity contribution < 1.29 is 22.7 Å². The maximum absolute atomic E-state index is 13.0. The molecule has 0 spiro atoms. The predicted molar refractivity (Wildman–Crippen MR) is 97.8 cm³/mol. The molecule has 1 N–H and O–H groups in total. The van der Waals surface area contributed by atoms with E-state index in [0.717, 1.165) is 0 Å². The average Bonchev–Trinajstić information content (AvgIpc) is 2.66. The largest absolute Gasteiger partial charge is 0.495 e. The lowest BCUT2D eigenvalue weighted by molar-refractivity contribution is -0.129. The highest BCUT2D eigenvalue weighted by molar-refractivity contribution is 7.89. The second-order valence-electron chi connectivity index (χ2n) is 6.10. The quantitative estimate of drug-likeness (QED) is 0.674. The van der Waals surface area contributed by atoms with Crippen LogP contribution in [-0.2, 0) is 26.0 Å². The lowest BCUT2D eigenvalue weighted by atomic mass is 10.1. The van der Waals surface area contributed by atoms with Gasteiger partial charge in [-0.2, -0.15) is 4.31 Å². The molecule has 1 amide bonds. The molecule has 0 saturated carbocycles. The standard InChI is InChI=1S/C17H27N3O5S/c1-18-6-7-19(2)17(21)13-14-4-5-15(24-3)16(12-14)26(22,23)20-8-10-25-11-9-20/h4-5,12,18H,6-11,13H2,1-3H3. The van der Waals surface area contributed by atoms with Crippen LogP contribution in [-0.4, -0.2) is 84.1 Å².